The summed E-state index contributed by atoms with van der Waals surface area (Å²) in [6.45, 7) is 59.8. The van der Waals surface area contributed by atoms with Crippen molar-refractivity contribution >= 4 is 35.7 Å². The molecule has 6 fully saturated rings. The van der Waals surface area contributed by atoms with Crippen molar-refractivity contribution < 1.29 is 19.1 Å². The first kappa shape index (κ1) is 70.8. The van der Waals surface area contributed by atoms with Crippen molar-refractivity contribution in [3.63, 3.8) is 0 Å². The molecule has 20 heteroatoms. The van der Waals surface area contributed by atoms with Crippen LogP contribution in [0.3, 0.4) is 0 Å². The highest BCUT2D eigenvalue weighted by molar-refractivity contribution is 5.50. The van der Waals surface area contributed by atoms with E-state index in [0.717, 1.165) is 184 Å². The second-order valence-corrected chi connectivity index (χ2v) is 32.3. The Balaban J connectivity index is 1.14. The lowest BCUT2D eigenvalue weighted by atomic mass is 9.78. The number of piperidine rings is 4. The Morgan fingerprint density at radius 1 is 0.416 bits per heavy atom. The number of rotatable bonds is 28. The summed E-state index contributed by atoms with van der Waals surface area (Å²) in [5.41, 5.74) is -1.36. The van der Waals surface area contributed by atoms with E-state index in [9.17, 15) is 0 Å². The van der Waals surface area contributed by atoms with Crippen molar-refractivity contribution in [3.8, 4) is 0 Å². The maximum atomic E-state index is 6.54. The maximum Gasteiger partial charge on any atom is 0.232 e. The minimum atomic E-state index is -0.290. The molecule has 0 amide bonds. The maximum absolute atomic E-state index is 6.54. The van der Waals surface area contributed by atoms with Gasteiger partial charge in [-0.1, -0.05) is 45.3 Å². The molecule has 6 aliphatic heterocycles. The molecule has 6 saturated heterocycles. The minimum Gasteiger partial charge on any atom is -0.378 e. The first-order valence-corrected chi connectivity index (χ1v) is 34.7. The number of hydrogen-bond donors (Lipinski definition) is 2. The summed E-state index contributed by atoms with van der Waals surface area (Å²) in [6, 6.07) is 0.777. The van der Waals surface area contributed by atoms with Gasteiger partial charge in [-0.25, -0.2) is 0 Å². The summed E-state index contributed by atoms with van der Waals surface area (Å²) < 4.78 is 11.9. The molecule has 8 heterocycles. The van der Waals surface area contributed by atoms with Crippen molar-refractivity contribution in [1.29, 1.82) is 0 Å². The quantitative estimate of drug-likeness (QED) is 0.0610. The van der Waals surface area contributed by atoms with Crippen LogP contribution in [-0.2, 0) is 19.1 Å². The van der Waals surface area contributed by atoms with Crippen molar-refractivity contribution in [2.75, 3.05) is 121 Å². The number of unbranched alkanes of at least 4 members (excludes halogenated alkanes) is 4. The highest BCUT2D eigenvalue weighted by atomic mass is 16.7. The first-order chi connectivity index (χ1) is 41.8. The molecule has 0 atom stereocenters. The van der Waals surface area contributed by atoms with E-state index >= 15 is 0 Å². The van der Waals surface area contributed by atoms with Crippen LogP contribution in [0.4, 0.5) is 35.7 Å². The third-order valence-electron chi connectivity index (χ3n) is 19.5. The van der Waals surface area contributed by atoms with Gasteiger partial charge < -0.3 is 49.5 Å². The fourth-order valence-electron chi connectivity index (χ4n) is 17.1. The molecule has 0 radical (unpaired) electrons. The summed E-state index contributed by atoms with van der Waals surface area (Å²) in [4.78, 5) is 61.4. The van der Waals surface area contributed by atoms with Gasteiger partial charge in [0.05, 0.1) is 39.6 Å². The van der Waals surface area contributed by atoms with Crippen LogP contribution >= 0.6 is 0 Å². The van der Waals surface area contributed by atoms with Gasteiger partial charge in [-0.15, -0.1) is 13.2 Å². The van der Waals surface area contributed by atoms with Gasteiger partial charge in [0.1, 0.15) is 0 Å². The zero-order valence-corrected chi connectivity index (χ0v) is 59.3. The number of hydroxylamine groups is 4. The summed E-state index contributed by atoms with van der Waals surface area (Å²) >= 11 is 0. The second-order valence-electron chi connectivity index (χ2n) is 32.3. The van der Waals surface area contributed by atoms with Crippen LogP contribution < -0.4 is 40.0 Å². The Kier molecular flexibility index (Phi) is 23.2. The van der Waals surface area contributed by atoms with E-state index in [2.05, 4.69) is 188 Å². The fraction of sp³-hybridized carbons (Fsp3) is 0.855. The summed E-state index contributed by atoms with van der Waals surface area (Å²) in [7, 11) is 0. The van der Waals surface area contributed by atoms with Gasteiger partial charge in [-0.2, -0.15) is 40.0 Å². The van der Waals surface area contributed by atoms with Crippen LogP contribution in [-0.4, -0.2) is 201 Å². The Bertz CT molecular complexity index is 2530. The van der Waals surface area contributed by atoms with Crippen molar-refractivity contribution in [2.45, 2.75) is 289 Å². The Morgan fingerprint density at radius 3 is 1.00 bits per heavy atom. The molecule has 6 aliphatic rings. The largest absolute Gasteiger partial charge is 0.378 e. The SMILES string of the molecule is C=CCON1C(C)(C)CC(N(CCCCCCN(c2nc(N3CCOCC3)nc(N(CCCC)C3CC(C)(C)NC(C)(C)C3)n2)C2CC(C)(C)N(OCC=C)C(C)(C)C2)c2nc(N3CCOCC3)nc(N(CCC)C3CC(C)(C)NC(C)(C)C3)n2)CC1(C)C. The number of anilines is 6. The van der Waals surface area contributed by atoms with E-state index in [4.69, 9.17) is 49.1 Å². The zero-order valence-electron chi connectivity index (χ0n) is 59.3. The highest BCUT2D eigenvalue weighted by Gasteiger charge is 2.51. The summed E-state index contributed by atoms with van der Waals surface area (Å²) in [5.74, 6) is 4.62. The van der Waals surface area contributed by atoms with Crippen molar-refractivity contribution in [2.24, 2.45) is 0 Å². The molecular weight excluding hydrogens is 1120 g/mol. The van der Waals surface area contributed by atoms with E-state index in [0.29, 0.717) is 39.6 Å². The predicted molar refractivity (Wildman–Crippen MR) is 366 cm³/mol. The van der Waals surface area contributed by atoms with Gasteiger partial charge in [-0.3, -0.25) is 9.68 Å². The average Bonchev–Trinajstić information content (AvgIpc) is 3.43. The molecule has 89 heavy (non-hydrogen) atoms. The summed E-state index contributed by atoms with van der Waals surface area (Å²) in [6.07, 6.45) is 18.3. The van der Waals surface area contributed by atoms with Gasteiger partial charge >= 0.3 is 0 Å². The number of nitrogens with zero attached hydrogens (tertiary/aromatic N) is 14. The molecular formula is C69H124N16O4. The number of ether oxygens (including phenoxy) is 2. The summed E-state index contributed by atoms with van der Waals surface area (Å²) in [5, 5.41) is 12.4. The van der Waals surface area contributed by atoms with E-state index in [1.54, 1.807) is 0 Å². The smallest absolute Gasteiger partial charge is 0.232 e. The molecule has 2 aromatic rings. The predicted octanol–water partition coefficient (Wildman–Crippen LogP) is 11.3. The third-order valence-corrected chi connectivity index (χ3v) is 19.5. The zero-order chi connectivity index (χ0) is 64.8. The van der Waals surface area contributed by atoms with E-state index < -0.39 is 0 Å². The Morgan fingerprint density at radius 2 is 0.708 bits per heavy atom. The molecule has 504 valence electrons. The van der Waals surface area contributed by atoms with Crippen molar-refractivity contribution in [1.82, 2.24) is 50.7 Å². The standard InChI is InChI=1S/C69H124N16O4/c1-21-25-31-81(53-46-64(9,10)77-65(11,12)47-53)59-71-57(79-36-42-87-43-37-79)73-61(75-59)83(55-50-68(17,18)85(89-39-24-4)69(19,20)51-55)33-29-27-26-28-32-82(54-48-66(13,14)84(88-38-23-3)67(15,16)49-54)60-72-56(78-34-40-86-41-35-78)70-58(74-60)80(30-22-2)52-44-62(5,6)76-63(7,8)45-52/h23-24,52-55,76-77H,3-4,21-22,25-51H2,1-2,5-20H3. The van der Waals surface area contributed by atoms with Crippen LogP contribution in [0.25, 0.3) is 0 Å². The van der Waals surface area contributed by atoms with Crippen LogP contribution in [0.1, 0.15) is 221 Å². The number of aromatic nitrogens is 6. The molecule has 2 N–H and O–H groups in total. The molecule has 0 saturated carbocycles. The van der Waals surface area contributed by atoms with Gasteiger partial charge in [0, 0.05) is 121 Å². The number of nitrogens with one attached hydrogen (secondary N) is 2. The molecule has 0 spiro atoms. The molecule has 20 nitrogen and oxygen atoms in total. The lowest BCUT2D eigenvalue weighted by Gasteiger charge is -2.55. The lowest BCUT2D eigenvalue weighted by molar-refractivity contribution is -0.276. The number of hydrogen-bond acceptors (Lipinski definition) is 20. The molecule has 0 bridgehead atoms. The van der Waals surface area contributed by atoms with Gasteiger partial charge in [0.25, 0.3) is 0 Å². The fourth-order valence-corrected chi connectivity index (χ4v) is 17.1. The molecule has 8 rings (SSSR count). The van der Waals surface area contributed by atoms with Gasteiger partial charge in [-0.05, 0) is 188 Å². The average molecular weight is 1240 g/mol. The first-order valence-electron chi connectivity index (χ1n) is 34.7. The Hall–Kier alpha value is -4.02. The number of morpholine rings is 2. The third kappa shape index (κ3) is 18.2. The molecule has 2 aromatic heterocycles. The normalized spacial score (nSPS) is 23.9. The van der Waals surface area contributed by atoms with Crippen LogP contribution in [0.5, 0.6) is 0 Å². The van der Waals surface area contributed by atoms with Gasteiger partial charge in [0.2, 0.25) is 35.7 Å². The Labute approximate surface area is 539 Å². The minimum absolute atomic E-state index is 0.0499. The van der Waals surface area contributed by atoms with Gasteiger partial charge in [0.15, 0.2) is 0 Å². The van der Waals surface area contributed by atoms with E-state index in [-0.39, 0.29) is 68.5 Å². The monoisotopic (exact) mass is 1240 g/mol. The van der Waals surface area contributed by atoms with E-state index in [1.165, 1.54) is 0 Å². The van der Waals surface area contributed by atoms with Crippen molar-refractivity contribution in [3.05, 3.63) is 25.3 Å². The molecule has 0 unspecified atom stereocenters. The second kappa shape index (κ2) is 29.1. The van der Waals surface area contributed by atoms with Crippen LogP contribution in [0.2, 0.25) is 0 Å². The topological polar surface area (TPSA) is 164 Å². The highest BCUT2D eigenvalue weighted by Crippen LogP contribution is 2.45. The van der Waals surface area contributed by atoms with E-state index in [1.807, 2.05) is 12.2 Å². The molecule has 0 aliphatic carbocycles. The van der Waals surface area contributed by atoms with Crippen LogP contribution in [0.15, 0.2) is 25.3 Å². The van der Waals surface area contributed by atoms with Crippen LogP contribution in [0, 0.1) is 0 Å². The lowest BCUT2D eigenvalue weighted by Crippen LogP contribution is -2.64. The molecule has 0 aromatic carbocycles.